The third-order valence-electron chi connectivity index (χ3n) is 2.68. The number of nitrogens with zero attached hydrogens (tertiary/aromatic N) is 1. The molecule has 5 nitrogen and oxygen atoms in total. The van der Waals surface area contributed by atoms with Gasteiger partial charge in [-0.3, -0.25) is 0 Å². The van der Waals surface area contributed by atoms with E-state index in [2.05, 4.69) is 0 Å². The third-order valence-corrected chi connectivity index (χ3v) is 4.77. The van der Waals surface area contributed by atoms with Crippen molar-refractivity contribution in [3.63, 3.8) is 0 Å². The number of aliphatic hydroxyl groups excluding tert-OH is 2. The molecular weight excluding hydrogens is 266 g/mol. The Morgan fingerprint density at radius 3 is 2.06 bits per heavy atom. The molecule has 1 aliphatic rings. The minimum Gasteiger partial charge on any atom is -0.389 e. The maximum absolute atomic E-state index is 12.1. The normalized spacial score (nSPS) is 26.3. The van der Waals surface area contributed by atoms with Crippen molar-refractivity contribution in [1.82, 2.24) is 4.31 Å². The maximum atomic E-state index is 12.1. The van der Waals surface area contributed by atoms with E-state index < -0.39 is 22.2 Å². The van der Waals surface area contributed by atoms with Crippen LogP contribution in [0.5, 0.6) is 0 Å². The summed E-state index contributed by atoms with van der Waals surface area (Å²) in [6.45, 7) is -0.182. The number of benzene rings is 1. The van der Waals surface area contributed by atoms with Gasteiger partial charge in [-0.05, 0) is 24.3 Å². The van der Waals surface area contributed by atoms with E-state index in [0.29, 0.717) is 5.02 Å². The summed E-state index contributed by atoms with van der Waals surface area (Å²) in [7, 11) is -3.67. The molecule has 1 fully saturated rings. The Hall–Kier alpha value is -0.660. The van der Waals surface area contributed by atoms with Gasteiger partial charge in [0.25, 0.3) is 0 Å². The Morgan fingerprint density at radius 2 is 1.59 bits per heavy atom. The van der Waals surface area contributed by atoms with Gasteiger partial charge in [0.2, 0.25) is 10.0 Å². The highest BCUT2D eigenvalue weighted by Crippen LogP contribution is 2.22. The number of β-amino-alcohol motifs (C(OH)–C–C–N with tert-alkyl or cyclic N) is 2. The zero-order chi connectivity index (χ0) is 12.6. The van der Waals surface area contributed by atoms with Crippen LogP contribution in [0.15, 0.2) is 29.2 Å². The Kier molecular flexibility index (Phi) is 3.42. The van der Waals surface area contributed by atoms with Gasteiger partial charge in [-0.15, -0.1) is 0 Å². The van der Waals surface area contributed by atoms with E-state index in [1.807, 2.05) is 0 Å². The second-order valence-electron chi connectivity index (χ2n) is 3.91. The molecule has 1 aliphatic heterocycles. The number of halogens is 1. The van der Waals surface area contributed by atoms with Gasteiger partial charge in [0.05, 0.1) is 17.1 Å². The molecule has 1 aromatic rings. The Bertz CT molecular complexity index is 492. The molecule has 0 aromatic heterocycles. The summed E-state index contributed by atoms with van der Waals surface area (Å²) in [4.78, 5) is 0.100. The lowest BCUT2D eigenvalue weighted by Gasteiger charge is -2.15. The molecule has 0 saturated carbocycles. The molecule has 2 N–H and O–H groups in total. The van der Waals surface area contributed by atoms with Crippen molar-refractivity contribution < 1.29 is 18.6 Å². The molecule has 2 unspecified atom stereocenters. The molecule has 1 saturated heterocycles. The first-order valence-corrected chi connectivity index (χ1v) is 6.85. The van der Waals surface area contributed by atoms with Gasteiger partial charge in [0, 0.05) is 18.1 Å². The SMILES string of the molecule is O=S(=O)(c1ccc(Cl)cc1)N1CC(O)C(O)C1. The number of rotatable bonds is 2. The van der Waals surface area contributed by atoms with Gasteiger partial charge < -0.3 is 10.2 Å². The Labute approximate surface area is 104 Å². The summed E-state index contributed by atoms with van der Waals surface area (Å²) in [6, 6.07) is 5.76. The molecule has 0 radical (unpaired) electrons. The van der Waals surface area contributed by atoms with Crippen molar-refractivity contribution in [2.75, 3.05) is 13.1 Å². The van der Waals surface area contributed by atoms with Gasteiger partial charge in [-0.1, -0.05) is 11.6 Å². The maximum Gasteiger partial charge on any atom is 0.243 e. The smallest absolute Gasteiger partial charge is 0.243 e. The predicted octanol–water partition coefficient (Wildman–Crippen LogP) is 0.0661. The molecule has 94 valence electrons. The van der Waals surface area contributed by atoms with Crippen LogP contribution in [0, 0.1) is 0 Å². The molecule has 2 rings (SSSR count). The quantitative estimate of drug-likeness (QED) is 0.802. The van der Waals surface area contributed by atoms with Crippen molar-refractivity contribution in [1.29, 1.82) is 0 Å². The van der Waals surface area contributed by atoms with Crippen LogP contribution in [-0.2, 0) is 10.0 Å². The third kappa shape index (κ3) is 2.46. The van der Waals surface area contributed by atoms with Crippen molar-refractivity contribution in [3.8, 4) is 0 Å². The fraction of sp³-hybridized carbons (Fsp3) is 0.400. The molecule has 0 aliphatic carbocycles. The summed E-state index contributed by atoms with van der Waals surface area (Å²) < 4.78 is 25.3. The van der Waals surface area contributed by atoms with E-state index in [9.17, 15) is 18.6 Å². The molecule has 0 spiro atoms. The van der Waals surface area contributed by atoms with E-state index >= 15 is 0 Å². The second kappa shape index (κ2) is 4.55. The predicted molar refractivity (Wildman–Crippen MR) is 62.2 cm³/mol. The van der Waals surface area contributed by atoms with Crippen LogP contribution >= 0.6 is 11.6 Å². The van der Waals surface area contributed by atoms with E-state index in [1.54, 1.807) is 0 Å². The molecular formula is C10H12ClNO4S. The zero-order valence-corrected chi connectivity index (χ0v) is 10.4. The van der Waals surface area contributed by atoms with Gasteiger partial charge in [0.15, 0.2) is 0 Å². The molecule has 0 amide bonds. The van der Waals surface area contributed by atoms with Crippen LogP contribution in [-0.4, -0.2) is 48.2 Å². The van der Waals surface area contributed by atoms with Crippen molar-refractivity contribution in [3.05, 3.63) is 29.3 Å². The van der Waals surface area contributed by atoms with Crippen molar-refractivity contribution in [2.24, 2.45) is 0 Å². The average Bonchev–Trinajstić information content (AvgIpc) is 2.60. The molecule has 1 aromatic carbocycles. The van der Waals surface area contributed by atoms with Crippen LogP contribution < -0.4 is 0 Å². The van der Waals surface area contributed by atoms with Crippen LogP contribution in [0.3, 0.4) is 0 Å². The van der Waals surface area contributed by atoms with Crippen molar-refractivity contribution >= 4 is 21.6 Å². The minimum atomic E-state index is -3.67. The molecule has 1 heterocycles. The van der Waals surface area contributed by atoms with E-state index in [0.717, 1.165) is 4.31 Å². The highest BCUT2D eigenvalue weighted by molar-refractivity contribution is 7.89. The molecule has 17 heavy (non-hydrogen) atoms. The summed E-state index contributed by atoms with van der Waals surface area (Å²) >= 11 is 5.68. The standard InChI is InChI=1S/C10H12ClNO4S/c11-7-1-3-8(4-2-7)17(15,16)12-5-9(13)10(14)6-12/h1-4,9-10,13-14H,5-6H2. The number of hydrogen-bond acceptors (Lipinski definition) is 4. The van der Waals surface area contributed by atoms with Crippen LogP contribution in [0.2, 0.25) is 5.02 Å². The molecule has 2 atom stereocenters. The monoisotopic (exact) mass is 277 g/mol. The van der Waals surface area contributed by atoms with Gasteiger partial charge in [0.1, 0.15) is 0 Å². The topological polar surface area (TPSA) is 77.8 Å². The lowest BCUT2D eigenvalue weighted by Crippen LogP contribution is -2.29. The lowest BCUT2D eigenvalue weighted by atomic mass is 10.3. The van der Waals surface area contributed by atoms with Crippen LogP contribution in [0.25, 0.3) is 0 Å². The van der Waals surface area contributed by atoms with E-state index in [1.165, 1.54) is 24.3 Å². The first kappa shape index (κ1) is 12.8. The summed E-state index contributed by atoms with van der Waals surface area (Å²) in [5, 5.41) is 19.1. The zero-order valence-electron chi connectivity index (χ0n) is 8.82. The summed E-state index contributed by atoms with van der Waals surface area (Å²) in [5.41, 5.74) is 0. The fourth-order valence-electron chi connectivity index (χ4n) is 1.69. The highest BCUT2D eigenvalue weighted by Gasteiger charge is 2.37. The first-order chi connectivity index (χ1) is 7.91. The molecule has 7 heteroatoms. The minimum absolute atomic E-state index is 0.0911. The number of hydrogen-bond donors (Lipinski definition) is 2. The fourth-order valence-corrected chi connectivity index (χ4v) is 3.29. The number of sulfonamides is 1. The second-order valence-corrected chi connectivity index (χ2v) is 6.29. The van der Waals surface area contributed by atoms with Gasteiger partial charge in [-0.25, -0.2) is 8.42 Å². The van der Waals surface area contributed by atoms with Crippen LogP contribution in [0.1, 0.15) is 0 Å². The van der Waals surface area contributed by atoms with Crippen LogP contribution in [0.4, 0.5) is 0 Å². The van der Waals surface area contributed by atoms with Crippen molar-refractivity contribution in [2.45, 2.75) is 17.1 Å². The lowest BCUT2D eigenvalue weighted by molar-refractivity contribution is 0.0572. The van der Waals surface area contributed by atoms with Gasteiger partial charge >= 0.3 is 0 Å². The van der Waals surface area contributed by atoms with E-state index in [-0.39, 0.29) is 18.0 Å². The molecule has 0 bridgehead atoms. The summed E-state index contributed by atoms with van der Waals surface area (Å²) in [6.07, 6.45) is -2.06. The Morgan fingerprint density at radius 1 is 1.12 bits per heavy atom. The highest BCUT2D eigenvalue weighted by atomic mass is 35.5. The van der Waals surface area contributed by atoms with Gasteiger partial charge in [-0.2, -0.15) is 4.31 Å². The first-order valence-electron chi connectivity index (χ1n) is 5.03. The summed E-state index contributed by atoms with van der Waals surface area (Å²) in [5.74, 6) is 0. The average molecular weight is 278 g/mol. The van der Waals surface area contributed by atoms with E-state index in [4.69, 9.17) is 11.6 Å². The number of aliphatic hydroxyl groups is 2. The Balaban J connectivity index is 2.28. The largest absolute Gasteiger partial charge is 0.389 e.